The number of halogens is 1. The van der Waals surface area contributed by atoms with Crippen molar-refractivity contribution in [2.45, 2.75) is 20.4 Å². The molecule has 0 unspecified atom stereocenters. The summed E-state index contributed by atoms with van der Waals surface area (Å²) >= 11 is 3.17. The van der Waals surface area contributed by atoms with Crippen molar-refractivity contribution in [1.29, 1.82) is 0 Å². The van der Waals surface area contributed by atoms with Crippen LogP contribution in [0.3, 0.4) is 0 Å². The van der Waals surface area contributed by atoms with E-state index in [0.717, 1.165) is 22.6 Å². The number of benzene rings is 2. The number of anilines is 1. The Labute approximate surface area is 193 Å². The average molecular weight is 493 g/mol. The largest absolute Gasteiger partial charge is 0.444 e. The maximum Gasteiger partial charge on any atom is 0.291 e. The van der Waals surface area contributed by atoms with E-state index in [1.165, 1.54) is 0 Å². The third-order valence-electron chi connectivity index (χ3n) is 5.05. The monoisotopic (exact) mass is 492 g/mol. The van der Waals surface area contributed by atoms with E-state index in [9.17, 15) is 9.59 Å². The normalized spacial score (nSPS) is 10.7. The summed E-state index contributed by atoms with van der Waals surface area (Å²) in [6, 6.07) is 19.8. The van der Waals surface area contributed by atoms with E-state index in [2.05, 4.69) is 31.7 Å². The van der Waals surface area contributed by atoms with Gasteiger partial charge in [-0.3, -0.25) is 9.59 Å². The van der Waals surface area contributed by atoms with Gasteiger partial charge in [-0.15, -0.1) is 0 Å². The molecule has 0 radical (unpaired) electrons. The molecule has 0 aliphatic carbocycles. The van der Waals surface area contributed by atoms with Gasteiger partial charge in [-0.1, -0.05) is 24.3 Å². The maximum atomic E-state index is 12.8. The summed E-state index contributed by atoms with van der Waals surface area (Å²) in [6.07, 6.45) is 0. The molecule has 0 fully saturated rings. The van der Waals surface area contributed by atoms with Crippen LogP contribution in [0.1, 0.15) is 37.9 Å². The van der Waals surface area contributed by atoms with Crippen LogP contribution in [0.4, 0.5) is 5.69 Å². The molecule has 0 saturated carbocycles. The van der Waals surface area contributed by atoms with Crippen LogP contribution < -0.4 is 10.6 Å². The first kappa shape index (κ1) is 21.6. The Morgan fingerprint density at radius 3 is 2.50 bits per heavy atom. The van der Waals surface area contributed by atoms with Gasteiger partial charge in [0.25, 0.3) is 11.8 Å². The Balaban J connectivity index is 1.44. The Morgan fingerprint density at radius 2 is 1.78 bits per heavy atom. The van der Waals surface area contributed by atoms with Crippen LogP contribution in [0, 0.1) is 13.8 Å². The zero-order valence-electron chi connectivity index (χ0n) is 17.6. The lowest BCUT2D eigenvalue weighted by Crippen LogP contribution is -2.23. The molecule has 2 heterocycles. The fourth-order valence-electron chi connectivity index (χ4n) is 3.39. The van der Waals surface area contributed by atoms with Crippen molar-refractivity contribution in [3.05, 3.63) is 99.7 Å². The van der Waals surface area contributed by atoms with Crippen LogP contribution in [-0.2, 0) is 6.54 Å². The van der Waals surface area contributed by atoms with Crippen molar-refractivity contribution in [1.82, 2.24) is 15.1 Å². The number of hydrogen-bond acceptors (Lipinski definition) is 4. The van der Waals surface area contributed by atoms with E-state index < -0.39 is 5.91 Å². The number of furan rings is 1. The summed E-state index contributed by atoms with van der Waals surface area (Å²) in [6.45, 7) is 4.26. The number of nitrogens with one attached hydrogen (secondary N) is 2. The third kappa shape index (κ3) is 4.65. The van der Waals surface area contributed by atoms with E-state index in [0.29, 0.717) is 22.5 Å². The molecule has 0 aliphatic rings. The van der Waals surface area contributed by atoms with Crippen LogP contribution in [0.5, 0.6) is 0 Å². The molecule has 2 aromatic carbocycles. The predicted molar refractivity (Wildman–Crippen MR) is 125 cm³/mol. The van der Waals surface area contributed by atoms with Gasteiger partial charge < -0.3 is 15.1 Å². The minimum absolute atomic E-state index is 0.174. The number of hydrogen-bond donors (Lipinski definition) is 2. The molecule has 2 aromatic heterocycles. The summed E-state index contributed by atoms with van der Waals surface area (Å²) < 4.78 is 7.60. The highest BCUT2D eigenvalue weighted by molar-refractivity contribution is 9.10. The van der Waals surface area contributed by atoms with Gasteiger partial charge in [0, 0.05) is 29.1 Å². The van der Waals surface area contributed by atoms with Gasteiger partial charge in [-0.05, 0) is 72.2 Å². The zero-order valence-corrected chi connectivity index (χ0v) is 19.1. The first-order valence-electron chi connectivity index (χ1n) is 9.98. The second-order valence-corrected chi connectivity index (χ2v) is 8.00. The molecule has 4 aromatic rings. The molecule has 162 valence electrons. The molecule has 2 N–H and O–H groups in total. The summed E-state index contributed by atoms with van der Waals surface area (Å²) in [4.78, 5) is 25.0. The van der Waals surface area contributed by atoms with Crippen molar-refractivity contribution in [3.63, 3.8) is 0 Å². The molecule has 0 aliphatic heterocycles. The van der Waals surface area contributed by atoms with Crippen LogP contribution in [-0.4, -0.2) is 21.6 Å². The van der Waals surface area contributed by atoms with Gasteiger partial charge in [0.1, 0.15) is 0 Å². The Morgan fingerprint density at radius 1 is 1.00 bits per heavy atom. The van der Waals surface area contributed by atoms with E-state index >= 15 is 0 Å². The molecule has 2 amide bonds. The lowest BCUT2D eigenvalue weighted by molar-refractivity contribution is 0.0948. The van der Waals surface area contributed by atoms with Gasteiger partial charge in [0.05, 0.1) is 11.4 Å². The fourth-order valence-corrected chi connectivity index (χ4v) is 3.70. The summed E-state index contributed by atoms with van der Waals surface area (Å²) in [7, 11) is 0. The van der Waals surface area contributed by atoms with Crippen LogP contribution in [0.15, 0.2) is 75.8 Å². The summed E-state index contributed by atoms with van der Waals surface area (Å²) in [5.41, 5.74) is 4.71. The second-order valence-electron chi connectivity index (χ2n) is 7.22. The number of amides is 2. The lowest BCUT2D eigenvalue weighted by atomic mass is 10.1. The molecule has 0 saturated heterocycles. The highest BCUT2D eigenvalue weighted by Crippen LogP contribution is 2.19. The average Bonchev–Trinajstić information content (AvgIpc) is 3.36. The van der Waals surface area contributed by atoms with E-state index in [4.69, 9.17) is 4.42 Å². The molecular formula is C24H21BrN4O3. The van der Waals surface area contributed by atoms with Gasteiger partial charge in [0.15, 0.2) is 10.4 Å². The molecule has 0 atom stereocenters. The van der Waals surface area contributed by atoms with E-state index in [1.54, 1.807) is 36.4 Å². The van der Waals surface area contributed by atoms with Gasteiger partial charge >= 0.3 is 0 Å². The Kier molecular flexibility index (Phi) is 6.23. The summed E-state index contributed by atoms with van der Waals surface area (Å²) in [5, 5.41) is 10.3. The van der Waals surface area contributed by atoms with Crippen molar-refractivity contribution >= 4 is 33.4 Å². The van der Waals surface area contributed by atoms with Gasteiger partial charge in [0.2, 0.25) is 0 Å². The number of nitrogens with zero attached hydrogens (tertiary/aromatic N) is 2. The second kappa shape index (κ2) is 9.23. The molecular weight excluding hydrogens is 472 g/mol. The summed E-state index contributed by atoms with van der Waals surface area (Å²) in [5.74, 6) is -0.464. The number of para-hydroxylation sites is 1. The Hall–Kier alpha value is -3.65. The van der Waals surface area contributed by atoms with Crippen LogP contribution in [0.25, 0.3) is 5.69 Å². The number of carbonyl (C=O) groups is 2. The van der Waals surface area contributed by atoms with Crippen molar-refractivity contribution in [2.75, 3.05) is 5.32 Å². The first-order chi connectivity index (χ1) is 15.4. The molecule has 0 spiro atoms. The van der Waals surface area contributed by atoms with Gasteiger partial charge in [-0.2, -0.15) is 5.10 Å². The van der Waals surface area contributed by atoms with Crippen molar-refractivity contribution < 1.29 is 14.0 Å². The standard InChI is InChI=1S/C24H21BrN4O3/c1-15-20(16(2)29(28-15)19-9-4-3-5-10-19)14-26-23(30)17-7-6-8-18(13-17)27-24(31)21-11-12-22(25)32-21/h3-13H,14H2,1-2H3,(H,26,30)(H,27,31). The minimum atomic E-state index is -0.396. The van der Waals surface area contributed by atoms with Crippen molar-refractivity contribution in [3.8, 4) is 5.69 Å². The maximum absolute atomic E-state index is 12.8. The lowest BCUT2D eigenvalue weighted by Gasteiger charge is -2.09. The topological polar surface area (TPSA) is 89.2 Å². The van der Waals surface area contributed by atoms with E-state index in [1.807, 2.05) is 48.9 Å². The smallest absolute Gasteiger partial charge is 0.291 e. The zero-order chi connectivity index (χ0) is 22.7. The van der Waals surface area contributed by atoms with Crippen LogP contribution in [0.2, 0.25) is 0 Å². The molecule has 32 heavy (non-hydrogen) atoms. The SMILES string of the molecule is Cc1nn(-c2ccccc2)c(C)c1CNC(=O)c1cccc(NC(=O)c2ccc(Br)o2)c1. The fraction of sp³-hybridized carbons (Fsp3) is 0.125. The highest BCUT2D eigenvalue weighted by Gasteiger charge is 2.15. The molecule has 7 nitrogen and oxygen atoms in total. The van der Waals surface area contributed by atoms with Gasteiger partial charge in [-0.25, -0.2) is 4.68 Å². The molecule has 0 bridgehead atoms. The third-order valence-corrected chi connectivity index (χ3v) is 5.47. The quantitative estimate of drug-likeness (QED) is 0.395. The number of aryl methyl sites for hydroxylation is 1. The van der Waals surface area contributed by atoms with E-state index in [-0.39, 0.29) is 11.7 Å². The molecule has 8 heteroatoms. The number of rotatable bonds is 6. The Bertz CT molecular complexity index is 1280. The number of aromatic nitrogens is 2. The number of carbonyl (C=O) groups excluding carboxylic acids is 2. The molecule has 4 rings (SSSR count). The van der Waals surface area contributed by atoms with Crippen LogP contribution >= 0.6 is 15.9 Å². The highest BCUT2D eigenvalue weighted by atomic mass is 79.9. The predicted octanol–water partition coefficient (Wildman–Crippen LogP) is 5.03. The van der Waals surface area contributed by atoms with Crippen molar-refractivity contribution in [2.24, 2.45) is 0 Å². The minimum Gasteiger partial charge on any atom is -0.444 e. The first-order valence-corrected chi connectivity index (χ1v) is 10.8.